The van der Waals surface area contributed by atoms with Crippen molar-refractivity contribution in [3.63, 3.8) is 0 Å². The van der Waals surface area contributed by atoms with Gasteiger partial charge in [-0.2, -0.15) is 0 Å². The van der Waals surface area contributed by atoms with Gasteiger partial charge in [0, 0.05) is 28.8 Å². The van der Waals surface area contributed by atoms with Crippen LogP contribution in [0.1, 0.15) is 17.4 Å². The summed E-state index contributed by atoms with van der Waals surface area (Å²) in [5.41, 5.74) is 0. The Kier molecular flexibility index (Phi) is 8.88. The number of carboxylic acid groups (broad SMARTS) is 2. The fourth-order valence-corrected chi connectivity index (χ4v) is 3.39. The van der Waals surface area contributed by atoms with Crippen LogP contribution in [-0.4, -0.2) is 35.7 Å². The van der Waals surface area contributed by atoms with E-state index in [1.165, 1.54) is 15.6 Å². The number of fused-ring (bicyclic) bond motifs is 1. The molecule has 0 aliphatic carbocycles. The fraction of sp³-hybridized carbons (Fsp3) is 0.182. The molecule has 0 radical (unpaired) electrons. The Bertz CT molecular complexity index is 932. The summed E-state index contributed by atoms with van der Waals surface area (Å²) in [6, 6.07) is 18.8. The van der Waals surface area contributed by atoms with Gasteiger partial charge in [-0.3, -0.25) is 0 Å². The van der Waals surface area contributed by atoms with Gasteiger partial charge in [-0.25, -0.2) is 9.59 Å². The summed E-state index contributed by atoms with van der Waals surface area (Å²) < 4.78 is 6.34. The fourth-order valence-electron chi connectivity index (χ4n) is 2.60. The van der Waals surface area contributed by atoms with Crippen LogP contribution in [0.15, 0.2) is 72.1 Å². The lowest BCUT2D eigenvalue weighted by atomic mass is 10.1. The van der Waals surface area contributed by atoms with Crippen LogP contribution >= 0.6 is 11.3 Å². The zero-order chi connectivity index (χ0) is 21.1. The van der Waals surface area contributed by atoms with Crippen molar-refractivity contribution in [3.8, 4) is 5.75 Å². The molecular formula is C22H23NO5S. The van der Waals surface area contributed by atoms with E-state index in [9.17, 15) is 9.59 Å². The number of rotatable bonds is 8. The summed E-state index contributed by atoms with van der Waals surface area (Å²) in [7, 11) is 1.98. The molecule has 0 aliphatic heterocycles. The number of nitrogens with one attached hydrogen (secondary N) is 1. The number of hydrogen-bond acceptors (Lipinski definition) is 5. The van der Waals surface area contributed by atoms with Crippen molar-refractivity contribution < 1.29 is 24.5 Å². The minimum Gasteiger partial charge on any atom is -0.484 e. The van der Waals surface area contributed by atoms with Gasteiger partial charge in [0.25, 0.3) is 0 Å². The lowest BCUT2D eigenvalue weighted by molar-refractivity contribution is -0.134. The predicted octanol–water partition coefficient (Wildman–Crippen LogP) is 4.34. The van der Waals surface area contributed by atoms with Crippen molar-refractivity contribution >= 4 is 34.0 Å². The summed E-state index contributed by atoms with van der Waals surface area (Å²) in [6.07, 6.45) is 2.17. The molecule has 3 aromatic rings. The van der Waals surface area contributed by atoms with Crippen LogP contribution in [-0.2, 0) is 9.59 Å². The Morgan fingerprint density at radius 1 is 1.03 bits per heavy atom. The Labute approximate surface area is 173 Å². The third-order valence-electron chi connectivity index (χ3n) is 3.90. The highest BCUT2D eigenvalue weighted by molar-refractivity contribution is 7.10. The smallest absolute Gasteiger partial charge is 0.328 e. The van der Waals surface area contributed by atoms with Gasteiger partial charge in [-0.05, 0) is 36.5 Å². The second-order valence-electron chi connectivity index (χ2n) is 6.00. The molecule has 7 heteroatoms. The Hall–Kier alpha value is -3.16. The third-order valence-corrected chi connectivity index (χ3v) is 4.87. The number of carboxylic acids is 2. The van der Waals surface area contributed by atoms with Gasteiger partial charge in [0.15, 0.2) is 0 Å². The molecule has 152 valence electrons. The number of carbonyl (C=O) groups is 2. The highest BCUT2D eigenvalue weighted by Crippen LogP contribution is 2.32. The van der Waals surface area contributed by atoms with Gasteiger partial charge in [0.05, 0.1) is 0 Å². The number of ether oxygens (including phenoxy) is 1. The lowest BCUT2D eigenvalue weighted by Crippen LogP contribution is -2.15. The molecule has 3 N–H and O–H groups in total. The van der Waals surface area contributed by atoms with Crippen LogP contribution in [0.2, 0.25) is 0 Å². The number of thiophene rings is 1. The summed E-state index contributed by atoms with van der Waals surface area (Å²) in [5.74, 6) is -1.55. The highest BCUT2D eigenvalue weighted by atomic mass is 32.1. The van der Waals surface area contributed by atoms with E-state index in [2.05, 4.69) is 65.3 Å². The second kappa shape index (κ2) is 11.6. The number of benzene rings is 2. The van der Waals surface area contributed by atoms with E-state index in [0.29, 0.717) is 12.2 Å². The number of hydrogen-bond donors (Lipinski definition) is 3. The standard InChI is InChI=1S/C18H19NOS.C4H4O4/c1-19-12-11-17(18-10-5-13-21-18)20-16-9-4-7-14-6-2-3-8-15(14)16;5-3(6)1-2-4(7)8/h2-10,13,17,19H,11-12H2,1H3;1-2H,(H,5,6)(H,7,8). The average molecular weight is 413 g/mol. The molecule has 0 aliphatic rings. The molecule has 0 saturated carbocycles. The molecule has 1 atom stereocenters. The first-order valence-corrected chi connectivity index (χ1v) is 9.85. The molecular weight excluding hydrogens is 390 g/mol. The zero-order valence-electron chi connectivity index (χ0n) is 15.9. The summed E-state index contributed by atoms with van der Waals surface area (Å²) in [5, 5.41) is 23.3. The van der Waals surface area contributed by atoms with Gasteiger partial charge in [-0.15, -0.1) is 11.3 Å². The predicted molar refractivity (Wildman–Crippen MR) is 115 cm³/mol. The van der Waals surface area contributed by atoms with Crippen molar-refractivity contribution in [2.45, 2.75) is 12.5 Å². The molecule has 6 nitrogen and oxygen atoms in total. The number of aliphatic carboxylic acids is 2. The largest absolute Gasteiger partial charge is 0.484 e. The molecule has 0 spiro atoms. The Morgan fingerprint density at radius 2 is 1.72 bits per heavy atom. The summed E-state index contributed by atoms with van der Waals surface area (Å²) >= 11 is 1.75. The van der Waals surface area contributed by atoms with Crippen molar-refractivity contribution in [1.82, 2.24) is 5.32 Å². The maximum Gasteiger partial charge on any atom is 0.328 e. The minimum atomic E-state index is -1.26. The van der Waals surface area contributed by atoms with E-state index in [0.717, 1.165) is 18.7 Å². The van der Waals surface area contributed by atoms with Crippen molar-refractivity contribution in [2.75, 3.05) is 13.6 Å². The summed E-state index contributed by atoms with van der Waals surface area (Å²) in [6.45, 7) is 0.938. The third kappa shape index (κ3) is 7.40. The molecule has 0 fully saturated rings. The van der Waals surface area contributed by atoms with Crippen molar-refractivity contribution in [1.29, 1.82) is 0 Å². The average Bonchev–Trinajstić information content (AvgIpc) is 3.25. The van der Waals surface area contributed by atoms with Crippen LogP contribution in [0.4, 0.5) is 0 Å². The van der Waals surface area contributed by atoms with Crippen molar-refractivity contribution in [3.05, 3.63) is 77.0 Å². The zero-order valence-corrected chi connectivity index (χ0v) is 16.8. The molecule has 1 heterocycles. The van der Waals surface area contributed by atoms with Gasteiger partial charge in [0.2, 0.25) is 0 Å². The highest BCUT2D eigenvalue weighted by Gasteiger charge is 2.15. The van der Waals surface area contributed by atoms with Crippen molar-refractivity contribution in [2.24, 2.45) is 0 Å². The van der Waals surface area contributed by atoms with Crippen LogP contribution in [0.3, 0.4) is 0 Å². The van der Waals surface area contributed by atoms with Gasteiger partial charge < -0.3 is 20.3 Å². The maximum atomic E-state index is 9.55. The van der Waals surface area contributed by atoms with Gasteiger partial charge in [-0.1, -0.05) is 42.5 Å². The molecule has 1 aromatic heterocycles. The molecule has 0 amide bonds. The Morgan fingerprint density at radius 3 is 2.34 bits per heavy atom. The maximum absolute atomic E-state index is 9.55. The Balaban J connectivity index is 0.000000321. The summed E-state index contributed by atoms with van der Waals surface area (Å²) in [4.78, 5) is 20.4. The van der Waals surface area contributed by atoms with Crippen LogP contribution < -0.4 is 10.1 Å². The minimum absolute atomic E-state index is 0.100. The van der Waals surface area contributed by atoms with Crippen LogP contribution in [0.25, 0.3) is 10.8 Å². The van der Waals surface area contributed by atoms with Gasteiger partial charge in [0.1, 0.15) is 11.9 Å². The van der Waals surface area contributed by atoms with Crippen LogP contribution in [0.5, 0.6) is 5.75 Å². The molecule has 29 heavy (non-hydrogen) atoms. The van der Waals surface area contributed by atoms with E-state index in [4.69, 9.17) is 14.9 Å². The molecule has 1 unspecified atom stereocenters. The molecule has 3 rings (SSSR count). The normalized spacial score (nSPS) is 11.6. The van der Waals surface area contributed by atoms with Crippen LogP contribution in [0, 0.1) is 0 Å². The van der Waals surface area contributed by atoms with E-state index in [-0.39, 0.29) is 6.10 Å². The monoisotopic (exact) mass is 413 g/mol. The first kappa shape index (κ1) is 22.1. The first-order valence-electron chi connectivity index (χ1n) is 8.97. The molecule has 2 aromatic carbocycles. The topological polar surface area (TPSA) is 95.9 Å². The van der Waals surface area contributed by atoms with E-state index in [1.54, 1.807) is 11.3 Å². The SMILES string of the molecule is CNCCC(Oc1cccc2ccccc12)c1cccs1.O=C(O)C=CC(=O)O. The lowest BCUT2D eigenvalue weighted by Gasteiger charge is -2.19. The van der Waals surface area contributed by atoms with E-state index in [1.807, 2.05) is 7.05 Å². The van der Waals surface area contributed by atoms with E-state index < -0.39 is 11.9 Å². The quantitative estimate of drug-likeness (QED) is 0.476. The first-order chi connectivity index (χ1) is 14.0. The second-order valence-corrected chi connectivity index (χ2v) is 6.98. The molecule has 0 bridgehead atoms. The van der Waals surface area contributed by atoms with E-state index >= 15 is 0 Å². The molecule has 0 saturated heterocycles. The van der Waals surface area contributed by atoms with Gasteiger partial charge >= 0.3 is 11.9 Å².